The van der Waals surface area contributed by atoms with Crippen LogP contribution in [0.2, 0.25) is 0 Å². The Morgan fingerprint density at radius 1 is 0.970 bits per heavy atom. The molecule has 2 aromatic rings. The Bertz CT molecular complexity index is 966. The zero-order valence-electron chi connectivity index (χ0n) is 19.4. The van der Waals surface area contributed by atoms with E-state index < -0.39 is 18.0 Å². The number of hydrogen-bond acceptors (Lipinski definition) is 4. The van der Waals surface area contributed by atoms with Gasteiger partial charge in [0.05, 0.1) is 12.3 Å². The summed E-state index contributed by atoms with van der Waals surface area (Å²) in [6.45, 7) is 6.41. The van der Waals surface area contributed by atoms with E-state index in [-0.39, 0.29) is 43.4 Å². The zero-order valence-corrected chi connectivity index (χ0v) is 19.4. The highest BCUT2D eigenvalue weighted by Crippen LogP contribution is 2.44. The third-order valence-corrected chi connectivity index (χ3v) is 5.70. The summed E-state index contributed by atoms with van der Waals surface area (Å²) in [5, 5.41) is 14.1. The molecule has 0 saturated heterocycles. The molecule has 176 valence electrons. The number of amides is 2. The van der Waals surface area contributed by atoms with Crippen LogP contribution in [-0.2, 0) is 14.3 Å². The number of benzene rings is 2. The zero-order chi connectivity index (χ0) is 24.0. The van der Waals surface area contributed by atoms with Gasteiger partial charge in [-0.3, -0.25) is 9.59 Å². The van der Waals surface area contributed by atoms with E-state index in [1.54, 1.807) is 0 Å². The summed E-state index contributed by atoms with van der Waals surface area (Å²) in [5.41, 5.74) is 4.44. The molecule has 7 heteroatoms. The average Bonchev–Trinajstić information content (AvgIpc) is 3.08. The highest BCUT2D eigenvalue weighted by atomic mass is 16.5. The molecule has 0 bridgehead atoms. The summed E-state index contributed by atoms with van der Waals surface area (Å²) in [6, 6.07) is 16.2. The lowest BCUT2D eigenvalue weighted by atomic mass is 9.84. The normalized spacial score (nSPS) is 13.5. The summed E-state index contributed by atoms with van der Waals surface area (Å²) < 4.78 is 5.55. The van der Waals surface area contributed by atoms with Crippen LogP contribution in [0.3, 0.4) is 0 Å². The predicted octanol–water partition coefficient (Wildman–Crippen LogP) is 4.17. The van der Waals surface area contributed by atoms with Crippen LogP contribution in [0.1, 0.15) is 50.7 Å². The van der Waals surface area contributed by atoms with E-state index in [0.717, 1.165) is 22.3 Å². The van der Waals surface area contributed by atoms with E-state index in [9.17, 15) is 14.4 Å². The predicted molar refractivity (Wildman–Crippen MR) is 126 cm³/mol. The molecule has 0 radical (unpaired) electrons. The molecule has 0 spiro atoms. The minimum atomic E-state index is -0.973. The van der Waals surface area contributed by atoms with Crippen LogP contribution in [0.15, 0.2) is 48.5 Å². The molecule has 1 unspecified atom stereocenters. The molecule has 0 aliphatic heterocycles. The van der Waals surface area contributed by atoms with Crippen molar-refractivity contribution in [1.82, 2.24) is 10.6 Å². The summed E-state index contributed by atoms with van der Waals surface area (Å²) >= 11 is 0. The fourth-order valence-corrected chi connectivity index (χ4v) is 4.29. The largest absolute Gasteiger partial charge is 0.481 e. The van der Waals surface area contributed by atoms with Crippen LogP contribution >= 0.6 is 0 Å². The number of carboxylic acids is 1. The van der Waals surface area contributed by atoms with E-state index in [0.29, 0.717) is 6.42 Å². The number of carboxylic acid groups (broad SMARTS) is 1. The molecular weight excluding hydrogens is 420 g/mol. The monoisotopic (exact) mass is 452 g/mol. The SMILES string of the molecule is CC(C)(C)CC(CNC(=O)OCC1c2ccccc2-c2ccccc21)C(=O)NCCC(=O)O. The van der Waals surface area contributed by atoms with Gasteiger partial charge in [-0.1, -0.05) is 69.3 Å². The number of ether oxygens (including phenoxy) is 1. The minimum absolute atomic E-state index is 0.0344. The molecule has 0 heterocycles. The standard InChI is InChI=1S/C26H32N2O5/c1-26(2,3)14-17(24(31)27-13-12-23(29)30)15-28-25(32)33-16-22-20-10-6-4-8-18(20)19-9-5-7-11-21(19)22/h4-11,17,22H,12-16H2,1-3H3,(H,27,31)(H,28,32)(H,29,30). The Morgan fingerprint density at radius 2 is 1.55 bits per heavy atom. The number of carbonyl (C=O) groups is 3. The Labute approximate surface area is 194 Å². The van der Waals surface area contributed by atoms with Crippen molar-refractivity contribution in [2.24, 2.45) is 11.3 Å². The van der Waals surface area contributed by atoms with Gasteiger partial charge in [-0.05, 0) is 34.1 Å². The number of carbonyl (C=O) groups excluding carboxylic acids is 2. The molecule has 33 heavy (non-hydrogen) atoms. The maximum atomic E-state index is 12.6. The second-order valence-electron chi connectivity index (χ2n) is 9.60. The van der Waals surface area contributed by atoms with E-state index in [1.807, 2.05) is 45.0 Å². The van der Waals surface area contributed by atoms with E-state index >= 15 is 0 Å². The Balaban J connectivity index is 1.58. The van der Waals surface area contributed by atoms with Crippen molar-refractivity contribution in [2.45, 2.75) is 39.5 Å². The number of nitrogens with one attached hydrogen (secondary N) is 2. The van der Waals surface area contributed by atoms with Crippen molar-refractivity contribution < 1.29 is 24.2 Å². The molecule has 1 atom stereocenters. The summed E-state index contributed by atoms with van der Waals surface area (Å²) in [6.07, 6.45) is -0.183. The quantitative estimate of drug-likeness (QED) is 0.530. The first-order valence-corrected chi connectivity index (χ1v) is 11.2. The molecular formula is C26H32N2O5. The maximum absolute atomic E-state index is 12.6. The molecule has 0 fully saturated rings. The van der Waals surface area contributed by atoms with Crippen LogP contribution in [0.4, 0.5) is 4.79 Å². The van der Waals surface area contributed by atoms with Crippen LogP contribution in [-0.4, -0.2) is 42.8 Å². The molecule has 2 amide bonds. The van der Waals surface area contributed by atoms with Crippen molar-refractivity contribution in [3.05, 3.63) is 59.7 Å². The number of hydrogen-bond donors (Lipinski definition) is 3. The van der Waals surface area contributed by atoms with Gasteiger partial charge < -0.3 is 20.5 Å². The average molecular weight is 453 g/mol. The van der Waals surface area contributed by atoms with Gasteiger partial charge in [0.2, 0.25) is 5.91 Å². The van der Waals surface area contributed by atoms with Gasteiger partial charge >= 0.3 is 12.1 Å². The molecule has 1 aliphatic rings. The van der Waals surface area contributed by atoms with Crippen LogP contribution in [0.5, 0.6) is 0 Å². The van der Waals surface area contributed by atoms with Crippen molar-refractivity contribution in [2.75, 3.05) is 19.7 Å². The Morgan fingerprint density at radius 3 is 2.09 bits per heavy atom. The third kappa shape index (κ3) is 6.57. The second-order valence-corrected chi connectivity index (χ2v) is 9.60. The van der Waals surface area contributed by atoms with Crippen molar-refractivity contribution in [3.8, 4) is 11.1 Å². The number of fused-ring (bicyclic) bond motifs is 3. The van der Waals surface area contributed by atoms with Crippen LogP contribution in [0.25, 0.3) is 11.1 Å². The second kappa shape index (κ2) is 10.5. The van der Waals surface area contributed by atoms with Gasteiger partial charge in [-0.25, -0.2) is 4.79 Å². The van der Waals surface area contributed by atoms with Crippen molar-refractivity contribution in [1.29, 1.82) is 0 Å². The molecule has 3 N–H and O–H groups in total. The van der Waals surface area contributed by atoms with Gasteiger partial charge in [-0.2, -0.15) is 0 Å². The minimum Gasteiger partial charge on any atom is -0.481 e. The smallest absolute Gasteiger partial charge is 0.407 e. The first kappa shape index (κ1) is 24.3. The summed E-state index contributed by atoms with van der Waals surface area (Å²) in [5.74, 6) is -1.77. The fraction of sp³-hybridized carbons (Fsp3) is 0.423. The summed E-state index contributed by atoms with van der Waals surface area (Å²) in [4.78, 5) is 35.7. The highest BCUT2D eigenvalue weighted by molar-refractivity contribution is 5.81. The number of alkyl carbamates (subject to hydrolysis) is 1. The molecule has 0 saturated carbocycles. The third-order valence-electron chi connectivity index (χ3n) is 5.70. The Hall–Kier alpha value is -3.35. The molecule has 3 rings (SSSR count). The first-order valence-electron chi connectivity index (χ1n) is 11.2. The lowest BCUT2D eigenvalue weighted by molar-refractivity contribution is -0.137. The molecule has 1 aliphatic carbocycles. The number of aliphatic carboxylic acids is 1. The van der Waals surface area contributed by atoms with Crippen LogP contribution < -0.4 is 10.6 Å². The molecule has 7 nitrogen and oxygen atoms in total. The van der Waals surface area contributed by atoms with E-state index in [2.05, 4.69) is 34.9 Å². The topological polar surface area (TPSA) is 105 Å². The van der Waals surface area contributed by atoms with Gasteiger partial charge in [0.25, 0.3) is 0 Å². The molecule has 2 aromatic carbocycles. The first-order chi connectivity index (χ1) is 15.7. The van der Waals surface area contributed by atoms with E-state index in [4.69, 9.17) is 9.84 Å². The maximum Gasteiger partial charge on any atom is 0.407 e. The van der Waals surface area contributed by atoms with Crippen molar-refractivity contribution in [3.63, 3.8) is 0 Å². The summed E-state index contributed by atoms with van der Waals surface area (Å²) in [7, 11) is 0. The fourth-order valence-electron chi connectivity index (χ4n) is 4.29. The van der Waals surface area contributed by atoms with Gasteiger partial charge in [-0.15, -0.1) is 0 Å². The lowest BCUT2D eigenvalue weighted by Gasteiger charge is -2.25. The van der Waals surface area contributed by atoms with Gasteiger partial charge in [0.15, 0.2) is 0 Å². The highest BCUT2D eigenvalue weighted by Gasteiger charge is 2.30. The Kier molecular flexibility index (Phi) is 7.74. The van der Waals surface area contributed by atoms with Gasteiger partial charge in [0, 0.05) is 19.0 Å². The lowest BCUT2D eigenvalue weighted by Crippen LogP contribution is -2.41. The molecule has 0 aromatic heterocycles. The van der Waals surface area contributed by atoms with Crippen LogP contribution in [0, 0.1) is 11.3 Å². The van der Waals surface area contributed by atoms with Gasteiger partial charge in [0.1, 0.15) is 6.61 Å². The van der Waals surface area contributed by atoms with Crippen molar-refractivity contribution >= 4 is 18.0 Å². The number of rotatable bonds is 9. The van der Waals surface area contributed by atoms with E-state index in [1.165, 1.54) is 0 Å².